The molecule has 1 aliphatic heterocycles. The zero-order valence-corrected chi connectivity index (χ0v) is 11.9. The van der Waals surface area contributed by atoms with Gasteiger partial charge in [0.2, 0.25) is 0 Å². The third-order valence-corrected chi connectivity index (χ3v) is 4.16. The number of hydrogen-bond acceptors (Lipinski definition) is 4. The lowest BCUT2D eigenvalue weighted by Gasteiger charge is -2.38. The van der Waals surface area contributed by atoms with Crippen LogP contribution in [0.25, 0.3) is 0 Å². The van der Waals surface area contributed by atoms with Crippen LogP contribution in [0.2, 0.25) is 0 Å². The number of carboxylic acids is 1. The summed E-state index contributed by atoms with van der Waals surface area (Å²) in [6.45, 7) is 5.82. The standard InChI is InChI=1S/C13H26N2O3/c1-10(9-13(2,14-3)12(16)17)15-7-5-11(18-4)6-8-15/h10-11,14H,5-9H2,1-4H3,(H,16,17). The lowest BCUT2D eigenvalue weighted by atomic mass is 9.92. The summed E-state index contributed by atoms with van der Waals surface area (Å²) in [5.74, 6) is -0.788. The van der Waals surface area contributed by atoms with Crippen LogP contribution in [0.1, 0.15) is 33.1 Å². The second-order valence-corrected chi connectivity index (χ2v) is 5.41. The van der Waals surface area contributed by atoms with Crippen molar-refractivity contribution >= 4 is 5.97 Å². The van der Waals surface area contributed by atoms with E-state index in [0.717, 1.165) is 25.9 Å². The van der Waals surface area contributed by atoms with Crippen LogP contribution in [-0.2, 0) is 9.53 Å². The van der Waals surface area contributed by atoms with E-state index in [4.69, 9.17) is 4.74 Å². The maximum atomic E-state index is 11.3. The zero-order chi connectivity index (χ0) is 13.8. The van der Waals surface area contributed by atoms with Gasteiger partial charge >= 0.3 is 5.97 Å². The molecule has 0 aromatic rings. The summed E-state index contributed by atoms with van der Waals surface area (Å²) in [6.07, 6.45) is 3.04. The van der Waals surface area contributed by atoms with Crippen molar-refractivity contribution in [2.24, 2.45) is 0 Å². The summed E-state index contributed by atoms with van der Waals surface area (Å²) in [5, 5.41) is 12.2. The Morgan fingerprint density at radius 3 is 2.50 bits per heavy atom. The number of nitrogens with one attached hydrogen (secondary N) is 1. The van der Waals surface area contributed by atoms with Crippen LogP contribution < -0.4 is 5.32 Å². The molecule has 5 heteroatoms. The number of methoxy groups -OCH3 is 1. The average molecular weight is 258 g/mol. The maximum absolute atomic E-state index is 11.3. The summed E-state index contributed by atoms with van der Waals surface area (Å²) < 4.78 is 5.35. The van der Waals surface area contributed by atoms with Crippen molar-refractivity contribution in [3.63, 3.8) is 0 Å². The van der Waals surface area contributed by atoms with Gasteiger partial charge in [-0.15, -0.1) is 0 Å². The first-order valence-electron chi connectivity index (χ1n) is 6.62. The van der Waals surface area contributed by atoms with Crippen molar-refractivity contribution in [1.82, 2.24) is 10.2 Å². The molecule has 106 valence electrons. The summed E-state index contributed by atoms with van der Waals surface area (Å²) in [6, 6.07) is 0.261. The van der Waals surface area contributed by atoms with E-state index >= 15 is 0 Å². The molecule has 5 nitrogen and oxygen atoms in total. The second-order valence-electron chi connectivity index (χ2n) is 5.41. The SMILES string of the molecule is CNC(C)(CC(C)N1CCC(OC)CC1)C(=O)O. The first kappa shape index (κ1) is 15.4. The topological polar surface area (TPSA) is 61.8 Å². The van der Waals surface area contributed by atoms with Gasteiger partial charge in [-0.3, -0.25) is 4.79 Å². The quantitative estimate of drug-likeness (QED) is 0.742. The van der Waals surface area contributed by atoms with Gasteiger partial charge in [-0.1, -0.05) is 0 Å². The predicted octanol–water partition coefficient (Wildman–Crippen LogP) is 0.939. The molecule has 0 aliphatic carbocycles. The Kier molecular flexibility index (Phi) is 5.56. The van der Waals surface area contributed by atoms with Gasteiger partial charge in [0.05, 0.1) is 6.10 Å². The summed E-state index contributed by atoms with van der Waals surface area (Å²) in [5.41, 5.74) is -0.850. The van der Waals surface area contributed by atoms with Crippen LogP contribution in [0.3, 0.4) is 0 Å². The predicted molar refractivity (Wildman–Crippen MR) is 70.8 cm³/mol. The highest BCUT2D eigenvalue weighted by molar-refractivity contribution is 5.78. The monoisotopic (exact) mass is 258 g/mol. The van der Waals surface area contributed by atoms with E-state index in [9.17, 15) is 9.90 Å². The molecule has 0 amide bonds. The highest BCUT2D eigenvalue weighted by Crippen LogP contribution is 2.21. The van der Waals surface area contributed by atoms with Crippen molar-refractivity contribution in [3.05, 3.63) is 0 Å². The van der Waals surface area contributed by atoms with Gasteiger partial charge in [0.15, 0.2) is 0 Å². The highest BCUT2D eigenvalue weighted by atomic mass is 16.5. The van der Waals surface area contributed by atoms with Gasteiger partial charge in [0.25, 0.3) is 0 Å². The Hall–Kier alpha value is -0.650. The zero-order valence-electron chi connectivity index (χ0n) is 11.9. The number of carboxylic acid groups (broad SMARTS) is 1. The van der Waals surface area contributed by atoms with Crippen molar-refractivity contribution in [2.75, 3.05) is 27.2 Å². The molecule has 0 spiro atoms. The lowest BCUT2D eigenvalue weighted by molar-refractivity contribution is -0.144. The highest BCUT2D eigenvalue weighted by Gasteiger charge is 2.35. The molecule has 1 aliphatic rings. The number of likely N-dealkylation sites (N-methyl/N-ethyl adjacent to an activating group) is 1. The van der Waals surface area contributed by atoms with Crippen molar-refractivity contribution in [1.29, 1.82) is 0 Å². The van der Waals surface area contributed by atoms with Crippen molar-refractivity contribution < 1.29 is 14.6 Å². The molecule has 0 radical (unpaired) electrons. The molecule has 1 saturated heterocycles. The Morgan fingerprint density at radius 1 is 1.56 bits per heavy atom. The Labute approximate surface area is 109 Å². The molecule has 2 N–H and O–H groups in total. The van der Waals surface area contributed by atoms with Crippen molar-refractivity contribution in [2.45, 2.75) is 50.8 Å². The van der Waals surface area contributed by atoms with Crippen LogP contribution >= 0.6 is 0 Å². The van der Waals surface area contributed by atoms with Gasteiger partial charge < -0.3 is 20.1 Å². The van der Waals surface area contributed by atoms with Crippen LogP contribution in [0.5, 0.6) is 0 Å². The van der Waals surface area contributed by atoms with E-state index in [0.29, 0.717) is 12.5 Å². The molecule has 18 heavy (non-hydrogen) atoms. The molecule has 1 rings (SSSR count). The number of nitrogens with zero attached hydrogens (tertiary/aromatic N) is 1. The number of carbonyl (C=O) groups is 1. The number of aliphatic carboxylic acids is 1. The minimum atomic E-state index is -0.850. The summed E-state index contributed by atoms with van der Waals surface area (Å²) >= 11 is 0. The normalized spacial score (nSPS) is 23.6. The van der Waals surface area contributed by atoms with Crippen LogP contribution in [0.4, 0.5) is 0 Å². The van der Waals surface area contributed by atoms with Crippen LogP contribution in [0, 0.1) is 0 Å². The van der Waals surface area contributed by atoms with Gasteiger partial charge in [-0.05, 0) is 40.2 Å². The molecular formula is C13H26N2O3. The van der Waals surface area contributed by atoms with E-state index in [1.165, 1.54) is 0 Å². The molecule has 1 fully saturated rings. The molecule has 0 saturated carbocycles. The first-order chi connectivity index (χ1) is 8.42. The van der Waals surface area contributed by atoms with Gasteiger partial charge in [-0.25, -0.2) is 0 Å². The second kappa shape index (κ2) is 6.50. The largest absolute Gasteiger partial charge is 0.480 e. The smallest absolute Gasteiger partial charge is 0.323 e. The van der Waals surface area contributed by atoms with Gasteiger partial charge in [-0.2, -0.15) is 0 Å². The van der Waals surface area contributed by atoms with Crippen LogP contribution in [-0.4, -0.2) is 60.9 Å². The van der Waals surface area contributed by atoms with E-state index in [-0.39, 0.29) is 6.04 Å². The molecule has 2 unspecified atom stereocenters. The van der Waals surface area contributed by atoms with Gasteiger partial charge in [0.1, 0.15) is 5.54 Å². The first-order valence-corrected chi connectivity index (χ1v) is 6.62. The molecule has 1 heterocycles. The number of hydrogen-bond donors (Lipinski definition) is 2. The van der Waals surface area contributed by atoms with E-state index < -0.39 is 11.5 Å². The van der Waals surface area contributed by atoms with E-state index in [2.05, 4.69) is 17.1 Å². The fraction of sp³-hybridized carbons (Fsp3) is 0.923. The number of rotatable bonds is 6. The number of ether oxygens (including phenoxy) is 1. The molecule has 0 aromatic carbocycles. The van der Waals surface area contributed by atoms with Crippen molar-refractivity contribution in [3.8, 4) is 0 Å². The maximum Gasteiger partial charge on any atom is 0.323 e. The number of piperidine rings is 1. The third-order valence-electron chi connectivity index (χ3n) is 4.16. The summed E-state index contributed by atoms with van der Waals surface area (Å²) in [4.78, 5) is 13.6. The van der Waals surface area contributed by atoms with Gasteiger partial charge in [0, 0.05) is 26.2 Å². The lowest BCUT2D eigenvalue weighted by Crippen LogP contribution is -2.53. The number of likely N-dealkylation sites (tertiary alicyclic amines) is 1. The van der Waals surface area contributed by atoms with E-state index in [1.54, 1.807) is 21.1 Å². The van der Waals surface area contributed by atoms with E-state index in [1.807, 2.05) is 0 Å². The third kappa shape index (κ3) is 3.67. The molecular weight excluding hydrogens is 232 g/mol. The molecule has 0 bridgehead atoms. The Morgan fingerprint density at radius 2 is 2.11 bits per heavy atom. The minimum absolute atomic E-state index is 0.261. The van der Waals surface area contributed by atoms with Crippen LogP contribution in [0.15, 0.2) is 0 Å². The minimum Gasteiger partial charge on any atom is -0.480 e. The average Bonchev–Trinajstić information content (AvgIpc) is 2.38. The Balaban J connectivity index is 2.50. The Bertz CT molecular complexity index is 277. The molecule has 0 aromatic heterocycles. The summed E-state index contributed by atoms with van der Waals surface area (Å²) in [7, 11) is 3.46. The molecule has 2 atom stereocenters. The fourth-order valence-corrected chi connectivity index (χ4v) is 2.57. The fourth-order valence-electron chi connectivity index (χ4n) is 2.57.